The van der Waals surface area contributed by atoms with Crippen LogP contribution in [-0.2, 0) is 9.84 Å². The number of carbonyl (C=O) groups is 1. The van der Waals surface area contributed by atoms with Gasteiger partial charge in [-0.25, -0.2) is 8.42 Å². The third kappa shape index (κ3) is 3.85. The molecule has 0 aliphatic heterocycles. The molecule has 0 radical (unpaired) electrons. The number of amides is 1. The van der Waals surface area contributed by atoms with E-state index in [1.807, 2.05) is 0 Å². The van der Waals surface area contributed by atoms with Crippen LogP contribution < -0.4 is 10.7 Å². The highest BCUT2D eigenvalue weighted by atomic mass is 32.2. The second-order valence-corrected chi connectivity index (χ2v) is 8.67. The van der Waals surface area contributed by atoms with Crippen LogP contribution in [0.1, 0.15) is 10.4 Å². The highest BCUT2D eigenvalue weighted by Crippen LogP contribution is 2.28. The molecule has 0 spiro atoms. The first kappa shape index (κ1) is 19.5. The predicted octanol–water partition coefficient (Wildman–Crippen LogP) is 3.51. The lowest BCUT2D eigenvalue weighted by Crippen LogP contribution is -2.13. The number of fused-ring (bicyclic) bond motifs is 1. The van der Waals surface area contributed by atoms with Crippen molar-refractivity contribution in [1.29, 1.82) is 0 Å². The average Bonchev–Trinajstić information content (AvgIpc) is 2.74. The Morgan fingerprint density at radius 1 is 1.03 bits per heavy atom. The number of nitrogens with zero attached hydrogens (tertiary/aromatic N) is 1. The van der Waals surface area contributed by atoms with E-state index in [0.717, 1.165) is 6.26 Å². The van der Waals surface area contributed by atoms with Crippen LogP contribution in [0.2, 0.25) is 0 Å². The van der Waals surface area contributed by atoms with Gasteiger partial charge in [-0.2, -0.15) is 0 Å². The van der Waals surface area contributed by atoms with Crippen LogP contribution in [0.25, 0.3) is 22.3 Å². The summed E-state index contributed by atoms with van der Waals surface area (Å²) < 4.78 is 29.7. The molecular formula is C22H16N2O5S. The Hall–Kier alpha value is -3.78. The molecule has 4 aromatic rings. The van der Waals surface area contributed by atoms with Crippen LogP contribution in [0.5, 0.6) is 0 Å². The van der Waals surface area contributed by atoms with Gasteiger partial charge in [0.2, 0.25) is 0 Å². The van der Waals surface area contributed by atoms with E-state index in [1.54, 1.807) is 48.7 Å². The van der Waals surface area contributed by atoms with Crippen LogP contribution in [0.3, 0.4) is 0 Å². The van der Waals surface area contributed by atoms with Gasteiger partial charge < -0.3 is 9.73 Å². The van der Waals surface area contributed by atoms with Gasteiger partial charge in [0.25, 0.3) is 5.91 Å². The monoisotopic (exact) mass is 420 g/mol. The lowest BCUT2D eigenvalue weighted by Gasteiger charge is -2.10. The number of sulfone groups is 1. The quantitative estimate of drug-likeness (QED) is 0.541. The molecule has 7 nitrogen and oxygen atoms in total. The van der Waals surface area contributed by atoms with Gasteiger partial charge >= 0.3 is 0 Å². The van der Waals surface area contributed by atoms with E-state index < -0.39 is 15.7 Å². The van der Waals surface area contributed by atoms with Gasteiger partial charge in [0, 0.05) is 30.3 Å². The number of hydrogen-bond acceptors (Lipinski definition) is 6. The van der Waals surface area contributed by atoms with E-state index in [1.165, 1.54) is 24.4 Å². The molecule has 0 saturated carbocycles. The number of rotatable bonds is 4. The first-order chi connectivity index (χ1) is 14.3. The molecule has 0 atom stereocenters. The van der Waals surface area contributed by atoms with Gasteiger partial charge in [0.1, 0.15) is 5.76 Å². The summed E-state index contributed by atoms with van der Waals surface area (Å²) in [6.45, 7) is 0. The average molecular weight is 420 g/mol. The fourth-order valence-electron chi connectivity index (χ4n) is 2.99. The van der Waals surface area contributed by atoms with Gasteiger partial charge in [0.05, 0.1) is 21.5 Å². The van der Waals surface area contributed by atoms with E-state index >= 15 is 0 Å². The molecular weight excluding hydrogens is 404 g/mol. The van der Waals surface area contributed by atoms with Crippen LogP contribution in [0.4, 0.5) is 5.69 Å². The zero-order valence-electron chi connectivity index (χ0n) is 15.8. The third-order valence-corrected chi connectivity index (χ3v) is 5.58. The zero-order valence-corrected chi connectivity index (χ0v) is 16.6. The summed E-state index contributed by atoms with van der Waals surface area (Å²) in [6, 6.07) is 15.6. The number of aromatic nitrogens is 1. The number of nitrogens with one attached hydrogen (secondary N) is 1. The zero-order chi connectivity index (χ0) is 21.3. The molecule has 0 fully saturated rings. The minimum absolute atomic E-state index is 0.112. The van der Waals surface area contributed by atoms with Gasteiger partial charge in [0.15, 0.2) is 20.8 Å². The van der Waals surface area contributed by atoms with Crippen molar-refractivity contribution < 1.29 is 17.6 Å². The van der Waals surface area contributed by atoms with Crippen LogP contribution in [-0.4, -0.2) is 25.6 Å². The summed E-state index contributed by atoms with van der Waals surface area (Å²) in [5.74, 6) is -0.205. The largest absolute Gasteiger partial charge is 0.454 e. The molecule has 2 heterocycles. The van der Waals surface area contributed by atoms with E-state index in [9.17, 15) is 18.0 Å². The SMILES string of the molecule is CS(=O)(=O)c1cccc(-c2cc(=O)c3cccc(NC(=O)c4cccnc4)c3o2)c1. The van der Waals surface area contributed by atoms with Gasteiger partial charge in [-0.1, -0.05) is 18.2 Å². The van der Waals surface area contributed by atoms with E-state index in [0.29, 0.717) is 22.2 Å². The normalized spacial score (nSPS) is 11.4. The lowest BCUT2D eigenvalue weighted by molar-refractivity contribution is 0.102. The summed E-state index contributed by atoms with van der Waals surface area (Å²) in [7, 11) is -3.42. The summed E-state index contributed by atoms with van der Waals surface area (Å²) >= 11 is 0. The minimum Gasteiger partial charge on any atom is -0.454 e. The van der Waals surface area contributed by atoms with E-state index in [4.69, 9.17) is 4.42 Å². The van der Waals surface area contributed by atoms with Crippen molar-refractivity contribution in [2.75, 3.05) is 11.6 Å². The van der Waals surface area contributed by atoms with Crippen molar-refractivity contribution in [1.82, 2.24) is 4.98 Å². The van der Waals surface area contributed by atoms with Crippen molar-refractivity contribution >= 4 is 32.4 Å². The number of para-hydroxylation sites is 1. The Morgan fingerprint density at radius 2 is 1.83 bits per heavy atom. The molecule has 8 heteroatoms. The molecule has 1 amide bonds. The molecule has 150 valence electrons. The van der Waals surface area contributed by atoms with Crippen molar-refractivity contribution in [2.45, 2.75) is 4.90 Å². The molecule has 1 N–H and O–H groups in total. The van der Waals surface area contributed by atoms with Gasteiger partial charge in [-0.05, 0) is 36.4 Å². The molecule has 2 aromatic heterocycles. The highest BCUT2D eigenvalue weighted by Gasteiger charge is 2.15. The summed E-state index contributed by atoms with van der Waals surface area (Å²) in [6.07, 6.45) is 4.10. The van der Waals surface area contributed by atoms with E-state index in [2.05, 4.69) is 10.3 Å². The van der Waals surface area contributed by atoms with Gasteiger partial charge in [-0.15, -0.1) is 0 Å². The first-order valence-corrected chi connectivity index (χ1v) is 10.8. The predicted molar refractivity (Wildman–Crippen MR) is 113 cm³/mol. The Balaban J connectivity index is 1.83. The fourth-order valence-corrected chi connectivity index (χ4v) is 3.66. The summed E-state index contributed by atoms with van der Waals surface area (Å²) in [5.41, 5.74) is 0.995. The molecule has 0 bridgehead atoms. The maximum absolute atomic E-state index is 12.7. The van der Waals surface area contributed by atoms with Crippen LogP contribution in [0, 0.1) is 0 Å². The van der Waals surface area contributed by atoms with Crippen LogP contribution in [0.15, 0.2) is 87.2 Å². The molecule has 0 unspecified atom stereocenters. The molecule has 0 aliphatic carbocycles. The minimum atomic E-state index is -3.42. The smallest absolute Gasteiger partial charge is 0.257 e. The molecule has 0 saturated heterocycles. The van der Waals surface area contributed by atoms with Crippen LogP contribution >= 0.6 is 0 Å². The standard InChI is InChI=1S/C22H16N2O5S/c1-30(27,28)16-7-2-5-14(11-16)20-12-19(25)17-8-3-9-18(21(17)29-20)24-22(26)15-6-4-10-23-13-15/h2-13H,1H3,(H,24,26). The Morgan fingerprint density at radius 3 is 2.57 bits per heavy atom. The second-order valence-electron chi connectivity index (χ2n) is 6.65. The van der Waals surface area contributed by atoms with E-state index in [-0.39, 0.29) is 21.7 Å². The molecule has 2 aromatic carbocycles. The molecule has 4 rings (SSSR count). The number of hydrogen-bond donors (Lipinski definition) is 1. The Kier molecular flexibility index (Phi) is 4.93. The number of carbonyl (C=O) groups excluding carboxylic acids is 1. The number of benzene rings is 2. The fraction of sp³-hybridized carbons (Fsp3) is 0.0455. The van der Waals surface area contributed by atoms with Crippen molar-refractivity contribution in [3.63, 3.8) is 0 Å². The van der Waals surface area contributed by atoms with Crippen molar-refractivity contribution in [3.8, 4) is 11.3 Å². The number of pyridine rings is 1. The maximum atomic E-state index is 12.7. The van der Waals surface area contributed by atoms with Crippen molar-refractivity contribution in [3.05, 3.63) is 88.8 Å². The molecule has 30 heavy (non-hydrogen) atoms. The topological polar surface area (TPSA) is 106 Å². The third-order valence-electron chi connectivity index (χ3n) is 4.47. The van der Waals surface area contributed by atoms with Crippen molar-refractivity contribution in [2.24, 2.45) is 0 Å². The van der Waals surface area contributed by atoms with Gasteiger partial charge in [-0.3, -0.25) is 14.6 Å². The lowest BCUT2D eigenvalue weighted by atomic mass is 10.1. The first-order valence-electron chi connectivity index (χ1n) is 8.92. The summed E-state index contributed by atoms with van der Waals surface area (Å²) in [4.78, 5) is 29.2. The Bertz CT molecular complexity index is 1430. The Labute approximate surface area is 171 Å². The second kappa shape index (κ2) is 7.57. The number of anilines is 1. The summed E-state index contributed by atoms with van der Waals surface area (Å²) in [5, 5.41) is 3.03. The maximum Gasteiger partial charge on any atom is 0.257 e. The highest BCUT2D eigenvalue weighted by molar-refractivity contribution is 7.90. The molecule has 0 aliphatic rings.